The molecule has 0 saturated carbocycles. The van der Waals surface area contributed by atoms with Crippen LogP contribution in [0.2, 0.25) is 0 Å². The van der Waals surface area contributed by atoms with Crippen molar-refractivity contribution in [2.24, 2.45) is 0 Å². The fraction of sp³-hybridized carbons (Fsp3) is 0.125. The highest BCUT2D eigenvalue weighted by Crippen LogP contribution is 2.09. The van der Waals surface area contributed by atoms with Crippen molar-refractivity contribution in [1.29, 1.82) is 0 Å². The van der Waals surface area contributed by atoms with E-state index in [0.29, 0.717) is 5.88 Å². The molecule has 0 aliphatic rings. The van der Waals surface area contributed by atoms with Crippen LogP contribution >= 0.6 is 11.6 Å². The maximum atomic E-state index is 5.63. The maximum absolute atomic E-state index is 5.63. The molecule has 0 aliphatic heterocycles. The van der Waals surface area contributed by atoms with Crippen molar-refractivity contribution < 1.29 is 0 Å². The van der Waals surface area contributed by atoms with Crippen molar-refractivity contribution in [3.63, 3.8) is 0 Å². The predicted octanol–water partition coefficient (Wildman–Crippen LogP) is 1.66. The van der Waals surface area contributed by atoms with Crippen molar-refractivity contribution >= 4 is 22.9 Å². The van der Waals surface area contributed by atoms with Crippen molar-refractivity contribution in [3.05, 3.63) is 30.2 Å². The summed E-state index contributed by atoms with van der Waals surface area (Å²) in [4.78, 5) is 4.25. The molecule has 0 fully saturated rings. The first-order valence-corrected chi connectivity index (χ1v) is 4.12. The van der Waals surface area contributed by atoms with Gasteiger partial charge >= 0.3 is 0 Å². The number of nitrogen functional groups attached to an aromatic ring is 1. The zero-order valence-electron chi connectivity index (χ0n) is 6.37. The summed E-state index contributed by atoms with van der Waals surface area (Å²) >= 11 is 5.63. The van der Waals surface area contributed by atoms with E-state index in [1.54, 1.807) is 0 Å². The summed E-state index contributed by atoms with van der Waals surface area (Å²) in [5.74, 6) is 0.432. The smallest absolute Gasteiger partial charge is 0.137 e. The van der Waals surface area contributed by atoms with Crippen LogP contribution in [0.15, 0.2) is 24.5 Å². The number of pyridine rings is 1. The molecular formula is C8H8ClN3. The monoisotopic (exact) mass is 181 g/mol. The average molecular weight is 182 g/mol. The maximum Gasteiger partial charge on any atom is 0.137 e. The van der Waals surface area contributed by atoms with Crippen molar-refractivity contribution in [2.45, 2.75) is 5.88 Å². The quantitative estimate of drug-likeness (QED) is 0.680. The number of rotatable bonds is 1. The van der Waals surface area contributed by atoms with Gasteiger partial charge in [-0.15, -0.1) is 11.6 Å². The molecule has 0 bridgehead atoms. The molecule has 62 valence electrons. The summed E-state index contributed by atoms with van der Waals surface area (Å²) in [7, 11) is 0. The first-order chi connectivity index (χ1) is 5.79. The van der Waals surface area contributed by atoms with Crippen LogP contribution in [-0.2, 0) is 5.88 Å². The number of hydrogen-bond acceptors (Lipinski definition) is 2. The van der Waals surface area contributed by atoms with Crippen LogP contribution in [0.3, 0.4) is 0 Å². The number of hydrogen-bond donors (Lipinski definition) is 1. The van der Waals surface area contributed by atoms with Gasteiger partial charge in [-0.05, 0) is 12.1 Å². The molecular weight excluding hydrogens is 174 g/mol. The van der Waals surface area contributed by atoms with Gasteiger partial charge in [0.05, 0.1) is 11.6 Å². The SMILES string of the molecule is Nc1ccc2nc(CCl)cn2c1. The van der Waals surface area contributed by atoms with Gasteiger partial charge in [0.25, 0.3) is 0 Å². The Morgan fingerprint density at radius 1 is 1.42 bits per heavy atom. The summed E-state index contributed by atoms with van der Waals surface area (Å²) in [6, 6.07) is 3.69. The summed E-state index contributed by atoms with van der Waals surface area (Å²) in [6.07, 6.45) is 3.69. The van der Waals surface area contributed by atoms with Gasteiger partial charge in [-0.3, -0.25) is 0 Å². The second-order valence-electron chi connectivity index (χ2n) is 2.59. The summed E-state index contributed by atoms with van der Waals surface area (Å²) in [5.41, 5.74) is 8.05. The van der Waals surface area contributed by atoms with E-state index < -0.39 is 0 Å². The molecule has 2 rings (SSSR count). The van der Waals surface area contributed by atoms with Crippen molar-refractivity contribution in [3.8, 4) is 0 Å². The van der Waals surface area contributed by atoms with E-state index in [1.807, 2.05) is 28.9 Å². The minimum Gasteiger partial charge on any atom is -0.398 e. The predicted molar refractivity (Wildman–Crippen MR) is 49.2 cm³/mol. The molecule has 4 heteroatoms. The van der Waals surface area contributed by atoms with Gasteiger partial charge in [0, 0.05) is 18.1 Å². The standard InChI is InChI=1S/C8H8ClN3/c9-3-7-5-12-4-6(10)1-2-8(12)11-7/h1-2,4-5H,3,10H2. The Morgan fingerprint density at radius 3 is 3.00 bits per heavy atom. The van der Waals surface area contributed by atoms with E-state index in [-0.39, 0.29) is 0 Å². The number of aromatic nitrogens is 2. The number of alkyl halides is 1. The fourth-order valence-electron chi connectivity index (χ4n) is 1.13. The van der Waals surface area contributed by atoms with Crippen LogP contribution < -0.4 is 5.73 Å². The van der Waals surface area contributed by atoms with Crippen molar-refractivity contribution in [2.75, 3.05) is 5.73 Å². The molecule has 0 saturated heterocycles. The number of halogens is 1. The number of nitrogens with two attached hydrogens (primary N) is 1. The zero-order chi connectivity index (χ0) is 8.55. The Balaban J connectivity index is 2.67. The Hall–Kier alpha value is -1.22. The lowest BCUT2D eigenvalue weighted by molar-refractivity contribution is 1.19. The highest BCUT2D eigenvalue weighted by atomic mass is 35.5. The van der Waals surface area contributed by atoms with Crippen LogP contribution in [0.4, 0.5) is 5.69 Å². The van der Waals surface area contributed by atoms with Gasteiger partial charge in [-0.2, -0.15) is 0 Å². The molecule has 2 heterocycles. The third kappa shape index (κ3) is 1.12. The third-order valence-electron chi connectivity index (χ3n) is 1.66. The van der Waals surface area contributed by atoms with E-state index >= 15 is 0 Å². The van der Waals surface area contributed by atoms with Crippen LogP contribution in [0.1, 0.15) is 5.69 Å². The summed E-state index contributed by atoms with van der Waals surface area (Å²) < 4.78 is 1.87. The number of nitrogens with zero attached hydrogens (tertiary/aromatic N) is 2. The van der Waals surface area contributed by atoms with Crippen LogP contribution in [0.25, 0.3) is 5.65 Å². The molecule has 0 amide bonds. The van der Waals surface area contributed by atoms with Gasteiger partial charge in [0.15, 0.2) is 0 Å². The molecule has 0 atom stereocenters. The number of imidazole rings is 1. The molecule has 2 N–H and O–H groups in total. The van der Waals surface area contributed by atoms with E-state index in [4.69, 9.17) is 17.3 Å². The van der Waals surface area contributed by atoms with Crippen LogP contribution in [-0.4, -0.2) is 9.38 Å². The zero-order valence-corrected chi connectivity index (χ0v) is 7.12. The topological polar surface area (TPSA) is 43.3 Å². The Morgan fingerprint density at radius 2 is 2.25 bits per heavy atom. The molecule has 12 heavy (non-hydrogen) atoms. The first-order valence-electron chi connectivity index (χ1n) is 3.58. The molecule has 0 aromatic carbocycles. The highest BCUT2D eigenvalue weighted by Gasteiger charge is 1.98. The minimum atomic E-state index is 0.432. The largest absolute Gasteiger partial charge is 0.398 e. The fourth-order valence-corrected chi connectivity index (χ4v) is 1.25. The second kappa shape index (κ2) is 2.68. The minimum absolute atomic E-state index is 0.432. The summed E-state index contributed by atoms with van der Waals surface area (Å²) in [6.45, 7) is 0. The molecule has 2 aromatic heterocycles. The Bertz CT molecular complexity index is 408. The van der Waals surface area contributed by atoms with E-state index in [0.717, 1.165) is 17.0 Å². The molecule has 0 spiro atoms. The van der Waals surface area contributed by atoms with E-state index in [9.17, 15) is 0 Å². The van der Waals surface area contributed by atoms with Crippen LogP contribution in [0.5, 0.6) is 0 Å². The number of fused-ring (bicyclic) bond motifs is 1. The van der Waals surface area contributed by atoms with E-state index in [1.165, 1.54) is 0 Å². The summed E-state index contributed by atoms with van der Waals surface area (Å²) in [5, 5.41) is 0. The molecule has 0 radical (unpaired) electrons. The van der Waals surface area contributed by atoms with E-state index in [2.05, 4.69) is 4.98 Å². The Labute approximate surface area is 74.8 Å². The van der Waals surface area contributed by atoms with Gasteiger partial charge in [-0.1, -0.05) is 0 Å². The molecule has 0 aliphatic carbocycles. The lowest BCUT2D eigenvalue weighted by Gasteiger charge is -1.93. The molecule has 0 unspecified atom stereocenters. The first kappa shape index (κ1) is 7.43. The highest BCUT2D eigenvalue weighted by molar-refractivity contribution is 6.16. The van der Waals surface area contributed by atoms with Gasteiger partial charge in [0.2, 0.25) is 0 Å². The van der Waals surface area contributed by atoms with Crippen LogP contribution in [0, 0.1) is 0 Å². The van der Waals surface area contributed by atoms with Gasteiger partial charge < -0.3 is 10.1 Å². The van der Waals surface area contributed by atoms with Gasteiger partial charge in [-0.25, -0.2) is 4.98 Å². The number of anilines is 1. The average Bonchev–Trinajstić information content (AvgIpc) is 2.46. The molecule has 2 aromatic rings. The van der Waals surface area contributed by atoms with Gasteiger partial charge in [0.1, 0.15) is 5.65 Å². The lowest BCUT2D eigenvalue weighted by atomic mass is 10.4. The van der Waals surface area contributed by atoms with Crippen molar-refractivity contribution in [1.82, 2.24) is 9.38 Å². The Kier molecular flexibility index (Phi) is 1.66. The molecule has 3 nitrogen and oxygen atoms in total. The normalized spacial score (nSPS) is 10.8. The third-order valence-corrected chi connectivity index (χ3v) is 1.93. The second-order valence-corrected chi connectivity index (χ2v) is 2.86. The lowest BCUT2D eigenvalue weighted by Crippen LogP contribution is -1.88.